The molecule has 0 spiro atoms. The van der Waals surface area contributed by atoms with E-state index in [1.165, 1.54) is 100 Å². The number of para-hydroxylation sites is 4. The van der Waals surface area contributed by atoms with Gasteiger partial charge < -0.3 is 28.0 Å². The van der Waals surface area contributed by atoms with E-state index < -0.39 is 0 Å². The lowest BCUT2D eigenvalue weighted by atomic mass is 9.82. The first kappa shape index (κ1) is 89.2. The van der Waals surface area contributed by atoms with Gasteiger partial charge in [-0.25, -0.2) is 0 Å². The molecule has 3 aromatic heterocycles. The van der Waals surface area contributed by atoms with Crippen LogP contribution in [0.1, 0.15) is 25.0 Å². The molecule has 27 rings (SSSR count). The molecule has 696 valence electrons. The molecule has 0 saturated heterocycles. The maximum absolute atomic E-state index is 6.81. The second-order valence-electron chi connectivity index (χ2n) is 38.1. The largest absolute Gasteiger partial charge is 0.454 e. The Morgan fingerprint density at radius 2 is 0.340 bits per heavy atom. The van der Waals surface area contributed by atoms with Crippen molar-refractivity contribution in [3.05, 3.63) is 575 Å². The van der Waals surface area contributed by atoms with Gasteiger partial charge in [-0.3, -0.25) is 0 Å². The fraction of sp³-hybridized carbons (Fsp3) is 0.0213. The van der Waals surface area contributed by atoms with E-state index in [2.05, 4.69) is 575 Å². The Kier molecular flexibility index (Phi) is 23.7. The van der Waals surface area contributed by atoms with Gasteiger partial charge in [0.15, 0.2) is 16.7 Å². The normalized spacial score (nSPS) is 11.8. The van der Waals surface area contributed by atoms with Crippen molar-refractivity contribution in [2.24, 2.45) is 0 Å². The van der Waals surface area contributed by atoms with Crippen molar-refractivity contribution in [1.29, 1.82) is 0 Å². The molecule has 1 aliphatic carbocycles. The molecule has 1 aliphatic rings. The van der Waals surface area contributed by atoms with Crippen LogP contribution in [0.25, 0.3) is 188 Å². The van der Waals surface area contributed by atoms with E-state index in [1.54, 1.807) is 0 Å². The van der Waals surface area contributed by atoms with E-state index in [1.807, 2.05) is 18.2 Å². The van der Waals surface area contributed by atoms with Crippen LogP contribution in [0, 0.1) is 0 Å². The minimum atomic E-state index is -0.137. The van der Waals surface area contributed by atoms with E-state index in [-0.39, 0.29) is 5.41 Å². The van der Waals surface area contributed by atoms with Crippen molar-refractivity contribution in [3.63, 3.8) is 0 Å². The third-order valence-electron chi connectivity index (χ3n) is 28.8. The molecule has 0 amide bonds. The van der Waals surface area contributed by atoms with E-state index >= 15 is 0 Å². The summed E-state index contributed by atoms with van der Waals surface area (Å²) >= 11 is 0. The van der Waals surface area contributed by atoms with E-state index in [4.69, 9.17) is 13.3 Å². The summed E-state index contributed by atoms with van der Waals surface area (Å²) in [6.45, 7) is 4.69. The standard InChI is InChI=1S/C51H37NO.C48H33NO.C42H29NO/c1-51(2)46-19-11-9-17-42(46)43-30-29-41(33-47(43)51)52(40-27-25-37(26-28-40)35-15-7-4-8-16-35)48-32-39(31-45-44-18-10-12-20-49(44)53-50(45)48)38-23-21-36(22-24-38)34-13-5-3-6-14-34;1-4-12-34(13-5-1)37-20-22-40(23-21-37)41-32-45-44-18-10-11-19-47(44)50-48(45)46(33-41)49(42-28-24-38(25-29-42)35-14-6-2-7-15-35)43-30-26-39(27-31-43)36-16-8-3-9-17-36;1-4-12-30(13-5-1)32-20-22-34(23-21-32)35-28-39-38-18-10-11-19-41(38)44-42(39)40(29-35)43(36-16-8-3-9-17-36)37-26-24-33(25-27-37)31-14-6-2-7-15-31/h3-33H,1-2H3;1-33H;1-29H. The molecule has 0 saturated carbocycles. The summed E-state index contributed by atoms with van der Waals surface area (Å²) in [5, 5.41) is 6.61. The lowest BCUT2D eigenvalue weighted by Crippen LogP contribution is -2.16. The number of rotatable bonds is 19. The van der Waals surface area contributed by atoms with Crippen LogP contribution in [0.2, 0.25) is 0 Å². The van der Waals surface area contributed by atoms with Crippen molar-refractivity contribution >= 4 is 117 Å². The zero-order valence-corrected chi connectivity index (χ0v) is 81.3. The molecule has 0 bridgehead atoms. The molecule has 0 atom stereocenters. The average molecular weight is 1880 g/mol. The second-order valence-corrected chi connectivity index (χ2v) is 38.1. The molecule has 26 aromatic rings. The first-order valence-electron chi connectivity index (χ1n) is 50.3. The number of hydrogen-bond donors (Lipinski definition) is 0. The number of nitrogens with zero attached hydrogens (tertiary/aromatic N) is 3. The zero-order chi connectivity index (χ0) is 98.1. The minimum Gasteiger partial charge on any atom is -0.454 e. The van der Waals surface area contributed by atoms with Crippen molar-refractivity contribution in [2.75, 3.05) is 14.7 Å². The minimum absolute atomic E-state index is 0.137. The van der Waals surface area contributed by atoms with Gasteiger partial charge in [0, 0.05) is 71.9 Å². The summed E-state index contributed by atoms with van der Waals surface area (Å²) in [4.78, 5) is 7.03. The Labute approximate surface area is 855 Å². The van der Waals surface area contributed by atoms with Crippen LogP contribution in [0.5, 0.6) is 0 Å². The smallest absolute Gasteiger partial charge is 0.159 e. The van der Waals surface area contributed by atoms with Gasteiger partial charge in [0.25, 0.3) is 0 Å². The summed E-state index contributed by atoms with van der Waals surface area (Å²) in [5.74, 6) is 0. The first-order chi connectivity index (χ1) is 72.6. The number of anilines is 9. The highest BCUT2D eigenvalue weighted by Gasteiger charge is 2.37. The Balaban J connectivity index is 0.000000115. The summed E-state index contributed by atoms with van der Waals surface area (Å²) < 4.78 is 20.2. The van der Waals surface area contributed by atoms with Crippen LogP contribution in [-0.2, 0) is 5.41 Å². The van der Waals surface area contributed by atoms with Crippen LogP contribution in [0.4, 0.5) is 51.2 Å². The van der Waals surface area contributed by atoms with Crippen LogP contribution >= 0.6 is 0 Å². The summed E-state index contributed by atoms with van der Waals surface area (Å²) in [5.41, 5.74) is 43.4. The predicted molar refractivity (Wildman–Crippen MR) is 617 cm³/mol. The zero-order valence-electron chi connectivity index (χ0n) is 81.3. The molecule has 0 N–H and O–H groups in total. The molecule has 23 aromatic carbocycles. The third kappa shape index (κ3) is 17.5. The van der Waals surface area contributed by atoms with E-state index in [0.717, 1.165) is 150 Å². The highest BCUT2D eigenvalue weighted by Crippen LogP contribution is 2.55. The topological polar surface area (TPSA) is 49.1 Å². The van der Waals surface area contributed by atoms with Crippen molar-refractivity contribution in [1.82, 2.24) is 0 Å². The van der Waals surface area contributed by atoms with Gasteiger partial charge in [-0.05, 0) is 261 Å². The molecule has 147 heavy (non-hydrogen) atoms. The molecule has 0 radical (unpaired) electrons. The Morgan fingerprint density at radius 1 is 0.143 bits per heavy atom. The SMILES string of the molecule is CC1(C)c2ccccc2-c2ccc(N(c3ccc(-c4ccccc4)cc3)c3cc(-c4ccc(-c5ccccc5)cc4)cc4c3oc3ccccc34)cc21.c1ccc(-c2ccc(-c3cc(N(c4ccc(-c5ccccc5)cc4)c4ccc(-c5ccccc5)cc4)c4oc5ccccc5c4c3)cc2)cc1.c1ccc(-c2ccc(-c3cc(N(c4ccccc4)c4ccc(-c5ccccc5)cc4)c4oc5ccccc5c4c3)cc2)cc1. The summed E-state index contributed by atoms with van der Waals surface area (Å²) in [6.07, 6.45) is 0. The second kappa shape index (κ2) is 39.0. The number of hydrogen-bond acceptors (Lipinski definition) is 6. The van der Waals surface area contributed by atoms with Gasteiger partial charge in [-0.2, -0.15) is 0 Å². The third-order valence-corrected chi connectivity index (χ3v) is 28.8. The summed E-state index contributed by atoms with van der Waals surface area (Å²) in [7, 11) is 0. The number of furan rings is 3. The van der Waals surface area contributed by atoms with Crippen LogP contribution < -0.4 is 14.7 Å². The predicted octanol–water partition coefficient (Wildman–Crippen LogP) is 40.1. The number of fused-ring (bicyclic) bond motifs is 12. The van der Waals surface area contributed by atoms with Crippen LogP contribution in [0.3, 0.4) is 0 Å². The van der Waals surface area contributed by atoms with Crippen LogP contribution in [-0.4, -0.2) is 0 Å². The molecule has 6 nitrogen and oxygen atoms in total. The Hall–Kier alpha value is -19.1. The lowest BCUT2D eigenvalue weighted by molar-refractivity contribution is 0.660. The molecular formula is C141H99N3O3. The molecular weight excluding hydrogens is 1780 g/mol. The lowest BCUT2D eigenvalue weighted by Gasteiger charge is -2.28. The molecule has 6 heteroatoms. The van der Waals surface area contributed by atoms with Gasteiger partial charge in [0.2, 0.25) is 0 Å². The first-order valence-corrected chi connectivity index (χ1v) is 50.3. The molecule has 0 unspecified atom stereocenters. The van der Waals surface area contributed by atoms with Gasteiger partial charge >= 0.3 is 0 Å². The maximum Gasteiger partial charge on any atom is 0.159 e. The highest BCUT2D eigenvalue weighted by molar-refractivity contribution is 6.16. The molecule has 0 aliphatic heterocycles. The monoisotopic (exact) mass is 1880 g/mol. The van der Waals surface area contributed by atoms with Crippen molar-refractivity contribution in [3.8, 4) is 122 Å². The fourth-order valence-electron chi connectivity index (χ4n) is 21.3. The van der Waals surface area contributed by atoms with Gasteiger partial charge in [-0.1, -0.05) is 451 Å². The van der Waals surface area contributed by atoms with E-state index in [9.17, 15) is 0 Å². The van der Waals surface area contributed by atoms with Gasteiger partial charge in [0.05, 0.1) is 17.1 Å². The highest BCUT2D eigenvalue weighted by atomic mass is 16.3. The summed E-state index contributed by atoms with van der Waals surface area (Å²) in [6, 6.07) is 201. The van der Waals surface area contributed by atoms with E-state index in [0.29, 0.717) is 0 Å². The van der Waals surface area contributed by atoms with Gasteiger partial charge in [-0.15, -0.1) is 0 Å². The quantitative estimate of drug-likeness (QED) is 0.0804. The van der Waals surface area contributed by atoms with Gasteiger partial charge in [0.1, 0.15) is 16.7 Å². The fourth-order valence-corrected chi connectivity index (χ4v) is 21.3. The molecule has 3 heterocycles. The average Bonchev–Trinajstić information content (AvgIpc) is 1.58. The number of benzene rings is 23. The maximum atomic E-state index is 6.81. The van der Waals surface area contributed by atoms with Crippen molar-refractivity contribution in [2.45, 2.75) is 19.3 Å². The Morgan fingerprint density at radius 3 is 0.619 bits per heavy atom. The molecule has 0 fully saturated rings. The van der Waals surface area contributed by atoms with Crippen molar-refractivity contribution < 1.29 is 13.3 Å². The van der Waals surface area contributed by atoms with Crippen LogP contribution in [0.15, 0.2) is 577 Å². The Bertz CT molecular complexity index is 9120.